The number of aliphatic carboxylic acids is 1. The summed E-state index contributed by atoms with van der Waals surface area (Å²) in [4.78, 5) is 43.1. The summed E-state index contributed by atoms with van der Waals surface area (Å²) in [6, 6.07) is 22.5. The van der Waals surface area contributed by atoms with Gasteiger partial charge in [0.2, 0.25) is 11.8 Å². The quantitative estimate of drug-likeness (QED) is 0.143. The number of nitrogens with zero attached hydrogens (tertiary/aromatic N) is 1. The molecule has 0 saturated heterocycles. The molecule has 0 aliphatic heterocycles. The molecule has 0 spiro atoms. The predicted molar refractivity (Wildman–Crippen MR) is 159 cm³/mol. The summed E-state index contributed by atoms with van der Waals surface area (Å²) >= 11 is 2.65. The van der Waals surface area contributed by atoms with Gasteiger partial charge in [0.15, 0.2) is 5.13 Å². The number of benzene rings is 3. The third-order valence-electron chi connectivity index (χ3n) is 6.68. The molecule has 1 heterocycles. The van der Waals surface area contributed by atoms with Crippen LogP contribution in [0, 0.1) is 17.7 Å². The van der Waals surface area contributed by atoms with Crippen LogP contribution in [0.4, 0.5) is 15.2 Å². The fourth-order valence-electron chi connectivity index (χ4n) is 4.52. The minimum atomic E-state index is -0.976. The normalized spacial score (nSPS) is 17.0. The highest BCUT2D eigenvalue weighted by molar-refractivity contribution is 8.00. The van der Waals surface area contributed by atoms with E-state index in [2.05, 4.69) is 15.6 Å². The molecule has 41 heavy (non-hydrogen) atoms. The van der Waals surface area contributed by atoms with Gasteiger partial charge in [-0.1, -0.05) is 42.5 Å². The van der Waals surface area contributed by atoms with Crippen LogP contribution in [0.3, 0.4) is 0 Å². The van der Waals surface area contributed by atoms with Crippen molar-refractivity contribution in [3.8, 4) is 11.3 Å². The highest BCUT2D eigenvalue weighted by Gasteiger charge is 2.34. The van der Waals surface area contributed by atoms with Crippen LogP contribution >= 0.6 is 23.1 Å². The lowest BCUT2D eigenvalue weighted by molar-refractivity contribution is -0.146. The second-order valence-electron chi connectivity index (χ2n) is 9.45. The van der Waals surface area contributed by atoms with Gasteiger partial charge in [0, 0.05) is 21.5 Å². The molecule has 1 aliphatic rings. The molecule has 3 N–H and O–H groups in total. The minimum absolute atomic E-state index is 0.247. The topological polar surface area (TPSA) is 108 Å². The maximum Gasteiger partial charge on any atom is 0.307 e. The summed E-state index contributed by atoms with van der Waals surface area (Å²) in [7, 11) is 0. The number of carbonyl (C=O) groups excluding carboxylic acids is 2. The molecule has 3 atom stereocenters. The van der Waals surface area contributed by atoms with E-state index in [1.807, 2.05) is 53.9 Å². The van der Waals surface area contributed by atoms with Crippen LogP contribution in [-0.2, 0) is 14.4 Å². The van der Waals surface area contributed by atoms with Gasteiger partial charge in [0.25, 0.3) is 0 Å². The van der Waals surface area contributed by atoms with Crippen LogP contribution in [0.5, 0.6) is 0 Å². The largest absolute Gasteiger partial charge is 0.481 e. The number of hydrogen-bond acceptors (Lipinski definition) is 6. The van der Waals surface area contributed by atoms with E-state index in [9.17, 15) is 23.9 Å². The van der Waals surface area contributed by atoms with E-state index in [4.69, 9.17) is 0 Å². The molecule has 7 nitrogen and oxygen atoms in total. The Morgan fingerprint density at radius 1 is 0.902 bits per heavy atom. The predicted octanol–water partition coefficient (Wildman–Crippen LogP) is 7.03. The molecule has 0 radical (unpaired) electrons. The number of carbonyl (C=O) groups is 3. The van der Waals surface area contributed by atoms with Gasteiger partial charge in [-0.15, -0.1) is 23.1 Å². The summed E-state index contributed by atoms with van der Waals surface area (Å²) in [6.07, 6.45) is 4.36. The Kier molecular flexibility index (Phi) is 8.91. The van der Waals surface area contributed by atoms with Gasteiger partial charge < -0.3 is 15.7 Å². The van der Waals surface area contributed by atoms with Crippen LogP contribution in [0.15, 0.2) is 101 Å². The number of carboxylic acid groups (broad SMARTS) is 1. The monoisotopic (exact) mass is 587 g/mol. The Bertz CT molecular complexity index is 1560. The number of hydrogen-bond donors (Lipinski definition) is 3. The van der Waals surface area contributed by atoms with Crippen molar-refractivity contribution in [1.29, 1.82) is 0 Å². The molecule has 0 fully saturated rings. The van der Waals surface area contributed by atoms with Gasteiger partial charge in [-0.2, -0.15) is 0 Å². The van der Waals surface area contributed by atoms with Gasteiger partial charge in [0.1, 0.15) is 11.1 Å². The number of carboxylic acids is 1. The van der Waals surface area contributed by atoms with E-state index in [0.717, 1.165) is 16.0 Å². The Balaban J connectivity index is 1.27. The lowest BCUT2D eigenvalue weighted by Gasteiger charge is -2.24. The van der Waals surface area contributed by atoms with Crippen LogP contribution < -0.4 is 10.6 Å². The molecule has 208 valence electrons. The number of thioether (sulfide) groups is 1. The van der Waals surface area contributed by atoms with Crippen LogP contribution in [-0.4, -0.2) is 27.9 Å². The van der Waals surface area contributed by atoms with Crippen molar-refractivity contribution in [3.63, 3.8) is 0 Å². The van der Waals surface area contributed by atoms with Gasteiger partial charge in [0.05, 0.1) is 17.5 Å². The number of thiazole rings is 1. The third-order valence-corrected chi connectivity index (χ3v) is 8.70. The van der Waals surface area contributed by atoms with Crippen molar-refractivity contribution in [2.24, 2.45) is 11.8 Å². The van der Waals surface area contributed by atoms with Gasteiger partial charge in [-0.3, -0.25) is 14.4 Å². The highest BCUT2D eigenvalue weighted by Crippen LogP contribution is 2.37. The highest BCUT2D eigenvalue weighted by atomic mass is 32.2. The molecule has 10 heteroatoms. The number of anilines is 2. The molecule has 3 aromatic carbocycles. The van der Waals surface area contributed by atoms with E-state index in [-0.39, 0.29) is 17.6 Å². The van der Waals surface area contributed by atoms with Gasteiger partial charge >= 0.3 is 5.97 Å². The first-order valence-electron chi connectivity index (χ1n) is 12.9. The van der Waals surface area contributed by atoms with E-state index >= 15 is 0 Å². The summed E-state index contributed by atoms with van der Waals surface area (Å²) in [6.45, 7) is 0. The first kappa shape index (κ1) is 28.3. The van der Waals surface area contributed by atoms with E-state index in [1.165, 1.54) is 35.2 Å². The smallest absolute Gasteiger partial charge is 0.307 e. The number of nitrogens with one attached hydrogen (secondary N) is 2. The molecule has 5 rings (SSSR count). The summed E-state index contributed by atoms with van der Waals surface area (Å²) in [5, 5.41) is 16.9. The fraction of sp³-hybridized carbons (Fsp3) is 0.161. The van der Waals surface area contributed by atoms with Gasteiger partial charge in [-0.05, 0) is 66.9 Å². The minimum Gasteiger partial charge on any atom is -0.481 e. The average Bonchev–Trinajstić information content (AvgIpc) is 3.45. The molecule has 1 aromatic heterocycles. The molecule has 1 aliphatic carbocycles. The van der Waals surface area contributed by atoms with Crippen molar-refractivity contribution in [2.45, 2.75) is 23.0 Å². The second-order valence-corrected chi connectivity index (χ2v) is 11.5. The first-order chi connectivity index (χ1) is 19.9. The van der Waals surface area contributed by atoms with Crippen LogP contribution in [0.2, 0.25) is 0 Å². The Labute approximate surface area is 244 Å². The molecule has 0 bridgehead atoms. The summed E-state index contributed by atoms with van der Waals surface area (Å²) in [5.74, 6) is -3.26. The third kappa shape index (κ3) is 7.08. The second kappa shape index (κ2) is 12.9. The average molecular weight is 588 g/mol. The number of rotatable bonds is 9. The summed E-state index contributed by atoms with van der Waals surface area (Å²) < 4.78 is 13.3. The number of amides is 2. The van der Waals surface area contributed by atoms with Crippen LogP contribution in [0.25, 0.3) is 11.3 Å². The van der Waals surface area contributed by atoms with E-state index in [0.29, 0.717) is 29.4 Å². The number of allylic oxidation sites excluding steroid dienone is 2. The van der Waals surface area contributed by atoms with Crippen LogP contribution in [0.1, 0.15) is 23.7 Å². The van der Waals surface area contributed by atoms with E-state index < -0.39 is 23.1 Å². The Morgan fingerprint density at radius 2 is 1.59 bits per heavy atom. The lowest BCUT2D eigenvalue weighted by Crippen LogP contribution is -2.34. The molecule has 4 aromatic rings. The van der Waals surface area contributed by atoms with Crippen molar-refractivity contribution < 1.29 is 23.9 Å². The van der Waals surface area contributed by atoms with Crippen molar-refractivity contribution in [1.82, 2.24) is 4.98 Å². The zero-order chi connectivity index (χ0) is 28.8. The fourth-order valence-corrected chi connectivity index (χ4v) is 6.27. The molecule has 2 amide bonds. The number of aromatic nitrogens is 1. The maximum absolute atomic E-state index is 13.5. The maximum atomic E-state index is 13.5. The lowest BCUT2D eigenvalue weighted by atomic mass is 9.82. The zero-order valence-electron chi connectivity index (χ0n) is 21.7. The molecule has 0 saturated carbocycles. The molecular weight excluding hydrogens is 561 g/mol. The first-order valence-corrected chi connectivity index (χ1v) is 14.7. The SMILES string of the molecule is O=C(Nc1nc(-c2ccc(F)cc2)cs1)C(Sc1ccc(NC(=O)C2CC=CCC2C(=O)O)cc1)c1ccccc1. The Morgan fingerprint density at radius 3 is 2.27 bits per heavy atom. The molecule has 3 unspecified atom stereocenters. The van der Waals surface area contributed by atoms with Gasteiger partial charge in [-0.25, -0.2) is 9.37 Å². The zero-order valence-corrected chi connectivity index (χ0v) is 23.3. The van der Waals surface area contributed by atoms with E-state index in [1.54, 1.807) is 30.3 Å². The Hall–Kier alpha value is -4.28. The van der Waals surface area contributed by atoms with Crippen molar-refractivity contribution in [2.75, 3.05) is 10.6 Å². The molecular formula is C31H26FN3O4S2. The standard InChI is InChI=1S/C31H26FN3O4S2/c32-21-12-10-19(11-13-21)26-18-40-31(34-26)35-29(37)27(20-6-2-1-3-7-20)41-23-16-14-22(15-17-23)33-28(36)24-8-4-5-9-25(24)30(38)39/h1-7,10-18,24-25,27H,8-9H2,(H,33,36)(H,38,39)(H,34,35,37). The van der Waals surface area contributed by atoms with Crippen molar-refractivity contribution >= 4 is 51.7 Å². The summed E-state index contributed by atoms with van der Waals surface area (Å²) in [5.41, 5.74) is 2.76. The number of halogens is 1. The van der Waals surface area contributed by atoms with Crippen molar-refractivity contribution in [3.05, 3.63) is 108 Å².